The van der Waals surface area contributed by atoms with Crippen LogP contribution >= 0.6 is 12.6 Å². The second-order valence-electron chi connectivity index (χ2n) is 5.17. The van der Waals surface area contributed by atoms with Crippen LogP contribution in [0.4, 0.5) is 0 Å². The molecule has 0 unspecified atom stereocenters. The van der Waals surface area contributed by atoms with Crippen LogP contribution in [0.15, 0.2) is 24.4 Å². The van der Waals surface area contributed by atoms with Crippen LogP contribution in [0, 0.1) is 5.41 Å². The van der Waals surface area contributed by atoms with E-state index in [9.17, 15) is 0 Å². The lowest BCUT2D eigenvalue weighted by Crippen LogP contribution is -2.37. The van der Waals surface area contributed by atoms with Crippen LogP contribution < -0.4 is 0 Å². The van der Waals surface area contributed by atoms with E-state index in [0.717, 1.165) is 25.3 Å². The number of nitrogens with zero attached hydrogens (tertiary/aromatic N) is 2. The van der Waals surface area contributed by atoms with Crippen LogP contribution in [-0.2, 0) is 6.42 Å². The topological polar surface area (TPSA) is 16.1 Å². The first kappa shape index (κ1) is 15.5. The van der Waals surface area contributed by atoms with Crippen LogP contribution in [0.1, 0.15) is 32.4 Å². The molecule has 0 atom stereocenters. The van der Waals surface area contributed by atoms with Crippen LogP contribution in [0.3, 0.4) is 0 Å². The van der Waals surface area contributed by atoms with Gasteiger partial charge in [-0.2, -0.15) is 12.6 Å². The first-order chi connectivity index (χ1) is 8.65. The molecule has 0 bridgehead atoms. The van der Waals surface area contributed by atoms with E-state index in [1.165, 1.54) is 18.5 Å². The average molecular weight is 266 g/mol. The predicted molar refractivity (Wildman–Crippen MR) is 82.3 cm³/mol. The molecule has 1 heterocycles. The highest BCUT2D eigenvalue weighted by Crippen LogP contribution is 2.28. The first-order valence-corrected chi connectivity index (χ1v) is 7.48. The largest absolute Gasteiger partial charge is 0.305 e. The summed E-state index contributed by atoms with van der Waals surface area (Å²) in [5, 5.41) is 0. The van der Waals surface area contributed by atoms with Crippen molar-refractivity contribution in [2.75, 3.05) is 25.9 Å². The van der Waals surface area contributed by atoms with E-state index >= 15 is 0 Å². The fourth-order valence-electron chi connectivity index (χ4n) is 2.25. The number of likely N-dealkylation sites (N-methyl/N-ethyl adjacent to an activating group) is 1. The number of hydrogen-bond donors (Lipinski definition) is 1. The highest BCUT2D eigenvalue weighted by molar-refractivity contribution is 7.80. The van der Waals surface area contributed by atoms with E-state index in [1.807, 2.05) is 12.3 Å². The molecule has 0 amide bonds. The third-order valence-corrected chi connectivity index (χ3v) is 4.59. The van der Waals surface area contributed by atoms with Gasteiger partial charge in [-0.05, 0) is 43.2 Å². The zero-order valence-electron chi connectivity index (χ0n) is 11.9. The second-order valence-corrected chi connectivity index (χ2v) is 5.49. The zero-order valence-corrected chi connectivity index (χ0v) is 12.8. The summed E-state index contributed by atoms with van der Waals surface area (Å²) >= 11 is 4.54. The van der Waals surface area contributed by atoms with E-state index in [1.54, 1.807) is 0 Å². The summed E-state index contributed by atoms with van der Waals surface area (Å²) < 4.78 is 0. The summed E-state index contributed by atoms with van der Waals surface area (Å²) in [6, 6.07) is 6.12. The van der Waals surface area contributed by atoms with Crippen LogP contribution in [0.5, 0.6) is 0 Å². The van der Waals surface area contributed by atoms with Gasteiger partial charge < -0.3 is 4.90 Å². The van der Waals surface area contributed by atoms with E-state index in [-0.39, 0.29) is 0 Å². The smallest absolute Gasteiger partial charge is 0.0416 e. The second kappa shape index (κ2) is 7.80. The van der Waals surface area contributed by atoms with Gasteiger partial charge in [0.1, 0.15) is 0 Å². The fraction of sp³-hybridized carbons (Fsp3) is 0.667. The van der Waals surface area contributed by atoms with E-state index in [2.05, 4.69) is 55.5 Å². The molecule has 0 aliphatic heterocycles. The maximum atomic E-state index is 4.54. The van der Waals surface area contributed by atoms with Gasteiger partial charge in [-0.3, -0.25) is 4.98 Å². The maximum absolute atomic E-state index is 4.54. The Morgan fingerprint density at radius 3 is 2.50 bits per heavy atom. The highest BCUT2D eigenvalue weighted by atomic mass is 32.1. The number of aromatic nitrogens is 1. The lowest BCUT2D eigenvalue weighted by molar-refractivity contribution is 0.185. The molecular formula is C15H26N2S. The van der Waals surface area contributed by atoms with Gasteiger partial charge in [0.2, 0.25) is 0 Å². The molecule has 102 valence electrons. The molecule has 0 aliphatic carbocycles. The Balaban J connectivity index is 2.43. The molecular weight excluding hydrogens is 240 g/mol. The van der Waals surface area contributed by atoms with Gasteiger partial charge >= 0.3 is 0 Å². The average Bonchev–Trinajstić information content (AvgIpc) is 2.44. The van der Waals surface area contributed by atoms with Crippen molar-refractivity contribution in [3.63, 3.8) is 0 Å². The minimum atomic E-state index is 0.363. The number of hydrogen-bond acceptors (Lipinski definition) is 3. The first-order valence-electron chi connectivity index (χ1n) is 6.85. The Hall–Kier alpha value is -0.540. The van der Waals surface area contributed by atoms with Crippen molar-refractivity contribution in [2.24, 2.45) is 5.41 Å². The summed E-state index contributed by atoms with van der Waals surface area (Å²) in [6.45, 7) is 6.72. The van der Waals surface area contributed by atoms with Crippen molar-refractivity contribution >= 4 is 12.6 Å². The molecule has 3 heteroatoms. The molecule has 0 spiro atoms. The normalized spacial score (nSPS) is 12.1. The summed E-state index contributed by atoms with van der Waals surface area (Å²) in [5.41, 5.74) is 1.54. The third-order valence-electron chi connectivity index (χ3n) is 3.92. The quantitative estimate of drug-likeness (QED) is 0.727. The molecule has 0 N–H and O–H groups in total. The lowest BCUT2D eigenvalue weighted by atomic mass is 9.84. The van der Waals surface area contributed by atoms with Gasteiger partial charge in [0.15, 0.2) is 0 Å². The zero-order chi connectivity index (χ0) is 13.4. The molecule has 0 aliphatic rings. The molecule has 0 saturated carbocycles. The summed E-state index contributed by atoms with van der Waals surface area (Å²) in [4.78, 5) is 6.78. The molecule has 2 nitrogen and oxygen atoms in total. The molecule has 0 saturated heterocycles. The van der Waals surface area contributed by atoms with Crippen molar-refractivity contribution in [1.29, 1.82) is 0 Å². The van der Waals surface area contributed by atoms with Crippen LogP contribution in [0.2, 0.25) is 0 Å². The van der Waals surface area contributed by atoms with E-state index in [0.29, 0.717) is 5.41 Å². The molecule has 1 rings (SSSR count). The highest BCUT2D eigenvalue weighted by Gasteiger charge is 2.25. The molecule has 1 aromatic heterocycles. The van der Waals surface area contributed by atoms with Gasteiger partial charge in [0, 0.05) is 31.4 Å². The number of rotatable bonds is 8. The third kappa shape index (κ3) is 4.62. The van der Waals surface area contributed by atoms with Crippen molar-refractivity contribution in [3.8, 4) is 0 Å². The standard InChI is InChI=1S/C15H26N2S/c1-4-15(5-2,13-18)12-17(3)11-9-14-8-6-7-10-16-14/h6-8,10,18H,4-5,9,11-13H2,1-3H3. The van der Waals surface area contributed by atoms with Crippen molar-refractivity contribution in [1.82, 2.24) is 9.88 Å². The molecule has 0 aromatic carbocycles. The predicted octanol–water partition coefficient (Wildman–Crippen LogP) is 3.29. The van der Waals surface area contributed by atoms with Gasteiger partial charge in [0.25, 0.3) is 0 Å². The minimum absolute atomic E-state index is 0.363. The van der Waals surface area contributed by atoms with Gasteiger partial charge in [-0.25, -0.2) is 0 Å². The number of pyridine rings is 1. The Bertz CT molecular complexity index is 314. The Morgan fingerprint density at radius 1 is 1.28 bits per heavy atom. The summed E-state index contributed by atoms with van der Waals surface area (Å²) in [7, 11) is 2.20. The Morgan fingerprint density at radius 2 is 2.00 bits per heavy atom. The number of thiol groups is 1. The molecule has 1 aromatic rings. The lowest BCUT2D eigenvalue weighted by Gasteiger charge is -2.34. The SMILES string of the molecule is CCC(CC)(CS)CN(C)CCc1ccccn1. The van der Waals surface area contributed by atoms with Crippen molar-refractivity contribution in [3.05, 3.63) is 30.1 Å². The summed E-state index contributed by atoms with van der Waals surface area (Å²) in [5.74, 6) is 0.966. The fourth-order valence-corrected chi connectivity index (χ4v) is 2.80. The minimum Gasteiger partial charge on any atom is -0.305 e. The van der Waals surface area contributed by atoms with E-state index in [4.69, 9.17) is 0 Å². The van der Waals surface area contributed by atoms with Gasteiger partial charge in [0.05, 0.1) is 0 Å². The summed E-state index contributed by atoms with van der Waals surface area (Å²) in [6.07, 6.45) is 5.28. The Kier molecular flexibility index (Phi) is 6.72. The van der Waals surface area contributed by atoms with E-state index < -0.39 is 0 Å². The molecule has 0 radical (unpaired) electrons. The van der Waals surface area contributed by atoms with Crippen LogP contribution in [0.25, 0.3) is 0 Å². The monoisotopic (exact) mass is 266 g/mol. The molecule has 0 fully saturated rings. The van der Waals surface area contributed by atoms with Crippen LogP contribution in [-0.4, -0.2) is 35.8 Å². The Labute approximate surface area is 117 Å². The van der Waals surface area contributed by atoms with Crippen molar-refractivity contribution < 1.29 is 0 Å². The van der Waals surface area contributed by atoms with Crippen molar-refractivity contribution in [2.45, 2.75) is 33.1 Å². The van der Waals surface area contributed by atoms with Gasteiger partial charge in [-0.15, -0.1) is 0 Å². The maximum Gasteiger partial charge on any atom is 0.0416 e. The van der Waals surface area contributed by atoms with Gasteiger partial charge in [-0.1, -0.05) is 19.9 Å². The molecule has 18 heavy (non-hydrogen) atoms.